The van der Waals surface area contributed by atoms with Crippen molar-refractivity contribution in [2.75, 3.05) is 10.6 Å². The first-order chi connectivity index (χ1) is 16.7. The van der Waals surface area contributed by atoms with E-state index >= 15 is 0 Å². The molecule has 172 valence electrons. The molecule has 0 radical (unpaired) electrons. The molecule has 10 heteroatoms. The highest BCUT2D eigenvalue weighted by molar-refractivity contribution is 7.15. The quantitative estimate of drug-likeness (QED) is 0.392. The number of rotatable bonds is 8. The minimum absolute atomic E-state index is 0.159. The van der Waals surface area contributed by atoms with Gasteiger partial charge in [0.05, 0.1) is 12.1 Å². The van der Waals surface area contributed by atoms with Crippen molar-refractivity contribution >= 4 is 34.0 Å². The van der Waals surface area contributed by atoms with Crippen LogP contribution in [0.3, 0.4) is 0 Å². The van der Waals surface area contributed by atoms with Crippen LogP contribution in [0.15, 0.2) is 60.9 Å². The zero-order chi connectivity index (χ0) is 23.2. The Morgan fingerprint density at radius 2 is 1.76 bits per heavy atom. The maximum atomic E-state index is 12.2. The molecular formula is C24H24N8OS. The molecule has 0 saturated heterocycles. The van der Waals surface area contributed by atoms with Crippen LogP contribution in [0.2, 0.25) is 0 Å². The fourth-order valence-corrected chi connectivity index (χ4v) is 5.06. The topological polar surface area (TPSA) is 118 Å². The Morgan fingerprint density at radius 3 is 2.53 bits per heavy atom. The lowest BCUT2D eigenvalue weighted by Crippen LogP contribution is -2.16. The summed E-state index contributed by atoms with van der Waals surface area (Å²) in [5, 5.41) is 25.0. The zero-order valence-electron chi connectivity index (χ0n) is 18.5. The highest BCUT2D eigenvalue weighted by atomic mass is 32.1. The first-order valence-corrected chi connectivity index (χ1v) is 12.1. The molecule has 4 aromatic rings. The summed E-state index contributed by atoms with van der Waals surface area (Å²) >= 11 is 1.60. The van der Waals surface area contributed by atoms with Gasteiger partial charge in [-0.15, -0.1) is 15.3 Å². The predicted molar refractivity (Wildman–Crippen MR) is 130 cm³/mol. The molecule has 1 saturated carbocycles. The Balaban J connectivity index is 1.11. The highest BCUT2D eigenvalue weighted by Gasteiger charge is 2.29. The maximum Gasteiger partial charge on any atom is 0.231 e. The molecule has 2 atom stereocenters. The Kier molecular flexibility index (Phi) is 6.76. The van der Waals surface area contributed by atoms with Crippen molar-refractivity contribution in [2.45, 2.75) is 38.0 Å². The van der Waals surface area contributed by atoms with Crippen molar-refractivity contribution in [2.24, 2.45) is 5.92 Å². The van der Waals surface area contributed by atoms with Crippen molar-refractivity contribution in [1.82, 2.24) is 30.4 Å². The fourth-order valence-electron chi connectivity index (χ4n) is 4.17. The standard InChI is InChI=1S/C24H24N8OS/c33-22(15-18-5-1-3-11-25-18)27-21-10-9-19(29-30-21)14-16-7-8-17(13-16)23-31-32-24(34-23)28-20-6-2-4-12-26-20/h1-6,9-12,16-17H,7-8,13-15H2,(H,26,28,32)(H,27,30,33). The van der Waals surface area contributed by atoms with Gasteiger partial charge in [0.25, 0.3) is 0 Å². The molecule has 1 aliphatic carbocycles. The third-order valence-electron chi connectivity index (χ3n) is 5.78. The SMILES string of the molecule is O=C(Cc1ccccn1)Nc1ccc(CC2CCC(c3nnc(Nc4ccccn4)s3)C2)nn1. The number of pyridine rings is 2. The number of nitrogens with zero attached hydrogens (tertiary/aromatic N) is 6. The van der Waals surface area contributed by atoms with Gasteiger partial charge >= 0.3 is 0 Å². The number of hydrogen-bond donors (Lipinski definition) is 2. The van der Waals surface area contributed by atoms with Crippen molar-refractivity contribution in [3.8, 4) is 0 Å². The van der Waals surface area contributed by atoms with Crippen molar-refractivity contribution in [3.05, 3.63) is 77.3 Å². The van der Waals surface area contributed by atoms with E-state index in [9.17, 15) is 4.79 Å². The van der Waals surface area contributed by atoms with Crippen LogP contribution < -0.4 is 10.6 Å². The molecule has 2 unspecified atom stereocenters. The van der Waals surface area contributed by atoms with E-state index in [1.165, 1.54) is 0 Å². The smallest absolute Gasteiger partial charge is 0.231 e. The number of amides is 1. The van der Waals surface area contributed by atoms with Crippen LogP contribution in [-0.2, 0) is 17.6 Å². The molecule has 1 fully saturated rings. The van der Waals surface area contributed by atoms with Gasteiger partial charge < -0.3 is 10.6 Å². The van der Waals surface area contributed by atoms with Gasteiger partial charge in [0, 0.05) is 24.0 Å². The Bertz CT molecular complexity index is 1220. The second kappa shape index (κ2) is 10.4. The second-order valence-electron chi connectivity index (χ2n) is 8.32. The number of aromatic nitrogens is 6. The number of anilines is 3. The molecule has 4 aromatic heterocycles. The lowest BCUT2D eigenvalue weighted by Gasteiger charge is -2.09. The fraction of sp³-hybridized carbons (Fsp3) is 0.292. The Morgan fingerprint density at radius 1 is 0.882 bits per heavy atom. The number of carbonyl (C=O) groups excluding carboxylic acids is 1. The minimum atomic E-state index is -0.159. The highest BCUT2D eigenvalue weighted by Crippen LogP contribution is 2.41. The predicted octanol–water partition coefficient (Wildman–Crippen LogP) is 4.17. The van der Waals surface area contributed by atoms with E-state index in [0.29, 0.717) is 17.7 Å². The average Bonchev–Trinajstić information content (AvgIpc) is 3.51. The molecule has 0 bridgehead atoms. The molecule has 0 aromatic carbocycles. The van der Waals surface area contributed by atoms with Gasteiger partial charge in [-0.2, -0.15) is 5.10 Å². The maximum absolute atomic E-state index is 12.2. The third-order valence-corrected chi connectivity index (χ3v) is 6.79. The van der Waals surface area contributed by atoms with E-state index in [4.69, 9.17) is 0 Å². The largest absolute Gasteiger partial charge is 0.315 e. The molecule has 0 aliphatic heterocycles. The van der Waals surface area contributed by atoms with Crippen LogP contribution in [0.1, 0.15) is 41.6 Å². The van der Waals surface area contributed by atoms with Crippen LogP contribution >= 0.6 is 11.3 Å². The van der Waals surface area contributed by atoms with Crippen molar-refractivity contribution in [1.29, 1.82) is 0 Å². The van der Waals surface area contributed by atoms with Gasteiger partial charge in [-0.3, -0.25) is 9.78 Å². The Hall–Kier alpha value is -3.79. The zero-order valence-corrected chi connectivity index (χ0v) is 19.3. The van der Waals surface area contributed by atoms with Crippen molar-refractivity contribution < 1.29 is 4.79 Å². The minimum Gasteiger partial charge on any atom is -0.315 e. The lowest BCUT2D eigenvalue weighted by atomic mass is 10.00. The van der Waals surface area contributed by atoms with Gasteiger partial charge in [-0.25, -0.2) is 4.98 Å². The van der Waals surface area contributed by atoms with Gasteiger partial charge in [0.1, 0.15) is 10.8 Å². The molecule has 5 rings (SSSR count). The summed E-state index contributed by atoms with van der Waals surface area (Å²) in [5.41, 5.74) is 1.65. The second-order valence-corrected chi connectivity index (χ2v) is 9.33. The first kappa shape index (κ1) is 22.0. The number of nitrogens with one attached hydrogen (secondary N) is 2. The molecule has 4 heterocycles. The average molecular weight is 473 g/mol. The molecule has 2 N–H and O–H groups in total. The van der Waals surface area contributed by atoms with Crippen molar-refractivity contribution in [3.63, 3.8) is 0 Å². The lowest BCUT2D eigenvalue weighted by molar-refractivity contribution is -0.115. The van der Waals surface area contributed by atoms with E-state index < -0.39 is 0 Å². The molecule has 34 heavy (non-hydrogen) atoms. The monoisotopic (exact) mass is 472 g/mol. The molecule has 1 aliphatic rings. The molecule has 9 nitrogen and oxygen atoms in total. The van der Waals surface area contributed by atoms with Crippen LogP contribution in [0.25, 0.3) is 0 Å². The molecule has 0 spiro atoms. The normalized spacial score (nSPS) is 17.4. The van der Waals surface area contributed by atoms with Gasteiger partial charge in [-0.1, -0.05) is 23.5 Å². The van der Waals surface area contributed by atoms with Crippen LogP contribution in [0, 0.1) is 5.92 Å². The summed E-state index contributed by atoms with van der Waals surface area (Å²) in [7, 11) is 0. The summed E-state index contributed by atoms with van der Waals surface area (Å²) in [6.45, 7) is 0. The third kappa shape index (κ3) is 5.76. The first-order valence-electron chi connectivity index (χ1n) is 11.2. The molecular weight excluding hydrogens is 448 g/mol. The van der Waals surface area contributed by atoms with E-state index in [1.807, 2.05) is 48.5 Å². The van der Waals surface area contributed by atoms with Gasteiger partial charge in [0.2, 0.25) is 11.0 Å². The van der Waals surface area contributed by atoms with Crippen LogP contribution in [0.5, 0.6) is 0 Å². The Labute approximate surface area is 201 Å². The summed E-state index contributed by atoms with van der Waals surface area (Å²) in [5.74, 6) is 2.01. The van der Waals surface area contributed by atoms with E-state index in [-0.39, 0.29) is 12.3 Å². The van der Waals surface area contributed by atoms with Crippen LogP contribution in [0.4, 0.5) is 16.8 Å². The summed E-state index contributed by atoms with van der Waals surface area (Å²) in [6, 6.07) is 15.0. The van der Waals surface area contributed by atoms with Crippen LogP contribution in [-0.4, -0.2) is 36.3 Å². The van der Waals surface area contributed by atoms with E-state index in [0.717, 1.165) is 53.0 Å². The number of carbonyl (C=O) groups is 1. The summed E-state index contributed by atoms with van der Waals surface area (Å²) in [4.78, 5) is 20.6. The summed E-state index contributed by atoms with van der Waals surface area (Å²) < 4.78 is 0. The van der Waals surface area contributed by atoms with E-state index in [1.54, 1.807) is 23.7 Å². The molecule has 1 amide bonds. The van der Waals surface area contributed by atoms with Gasteiger partial charge in [-0.05, 0) is 68.0 Å². The number of hydrogen-bond acceptors (Lipinski definition) is 9. The summed E-state index contributed by atoms with van der Waals surface area (Å²) in [6.07, 6.45) is 7.77. The van der Waals surface area contributed by atoms with Gasteiger partial charge in [0.15, 0.2) is 5.82 Å². The van der Waals surface area contributed by atoms with E-state index in [2.05, 4.69) is 41.0 Å².